The Morgan fingerprint density at radius 3 is 2.55 bits per heavy atom. The van der Waals surface area contributed by atoms with E-state index in [0.29, 0.717) is 5.92 Å². The molecule has 0 radical (unpaired) electrons. The van der Waals surface area contributed by atoms with Crippen LogP contribution in [0.5, 0.6) is 0 Å². The van der Waals surface area contributed by atoms with Crippen molar-refractivity contribution in [2.45, 2.75) is 18.9 Å². The van der Waals surface area contributed by atoms with Gasteiger partial charge in [0.25, 0.3) is 0 Å². The summed E-state index contributed by atoms with van der Waals surface area (Å²) in [4.78, 5) is 5.26. The first kappa shape index (κ1) is 6.95. The van der Waals surface area contributed by atoms with E-state index < -0.39 is 0 Å². The van der Waals surface area contributed by atoms with Gasteiger partial charge in [-0.15, -0.1) is 0 Å². The van der Waals surface area contributed by atoms with E-state index in [1.54, 1.807) is 0 Å². The summed E-state index contributed by atoms with van der Waals surface area (Å²) in [5.41, 5.74) is 8.29. The van der Waals surface area contributed by atoms with Crippen molar-refractivity contribution in [3.05, 3.63) is 10.4 Å². The van der Waals surface area contributed by atoms with Crippen molar-refractivity contribution in [1.29, 1.82) is 0 Å². The van der Waals surface area contributed by atoms with Crippen LogP contribution in [-0.4, -0.2) is 30.6 Å². The van der Waals surface area contributed by atoms with Crippen LogP contribution in [-0.2, 0) is 0 Å². The van der Waals surface area contributed by atoms with E-state index in [2.05, 4.69) is 14.9 Å². The summed E-state index contributed by atoms with van der Waals surface area (Å²) >= 11 is 0. The van der Waals surface area contributed by atoms with E-state index in [9.17, 15) is 0 Å². The van der Waals surface area contributed by atoms with Crippen LogP contribution in [0.15, 0.2) is 5.11 Å². The summed E-state index contributed by atoms with van der Waals surface area (Å²) in [5.74, 6) is 0.677. The molecule has 3 rings (SSSR count). The summed E-state index contributed by atoms with van der Waals surface area (Å²) in [6, 6.07) is 0.266. The Morgan fingerprint density at radius 2 is 2.09 bits per heavy atom. The lowest BCUT2D eigenvalue weighted by molar-refractivity contribution is 0.0898. The third kappa shape index (κ3) is 1.19. The molecule has 1 unspecified atom stereocenters. The first-order valence-corrected chi connectivity index (χ1v) is 4.16. The first-order valence-electron chi connectivity index (χ1n) is 4.16. The minimum atomic E-state index is 0.266. The van der Waals surface area contributed by atoms with E-state index in [-0.39, 0.29) is 6.04 Å². The van der Waals surface area contributed by atoms with E-state index >= 15 is 0 Å². The largest absolute Gasteiger partial charge is 0.303 e. The molecule has 3 saturated heterocycles. The van der Waals surface area contributed by atoms with Gasteiger partial charge in [0.2, 0.25) is 0 Å². The molecule has 0 aromatic carbocycles. The average molecular weight is 152 g/mol. The zero-order valence-electron chi connectivity index (χ0n) is 6.48. The Labute approximate surface area is 65.8 Å². The van der Waals surface area contributed by atoms with Gasteiger partial charge in [-0.05, 0) is 37.4 Å². The summed E-state index contributed by atoms with van der Waals surface area (Å²) in [6.07, 6.45) is 2.45. The van der Waals surface area contributed by atoms with Crippen LogP contribution >= 0.6 is 0 Å². The van der Waals surface area contributed by atoms with Crippen LogP contribution in [0, 0.1) is 5.92 Å². The summed E-state index contributed by atoms with van der Waals surface area (Å²) in [6.45, 7) is 3.42. The van der Waals surface area contributed by atoms with Crippen LogP contribution in [0.2, 0.25) is 0 Å². The van der Waals surface area contributed by atoms with Crippen LogP contribution in [0.25, 0.3) is 10.4 Å². The Hall–Kier alpha value is -0.730. The predicted molar refractivity (Wildman–Crippen MR) is 42.1 cm³/mol. The van der Waals surface area contributed by atoms with Gasteiger partial charge in [0.05, 0.1) is 6.04 Å². The molecule has 0 amide bonds. The van der Waals surface area contributed by atoms with Crippen molar-refractivity contribution in [3.63, 3.8) is 0 Å². The fourth-order valence-corrected chi connectivity index (χ4v) is 2.13. The molecule has 11 heavy (non-hydrogen) atoms. The fourth-order valence-electron chi connectivity index (χ4n) is 2.13. The lowest BCUT2D eigenvalue weighted by Gasteiger charge is -2.42. The minimum Gasteiger partial charge on any atom is -0.303 e. The van der Waals surface area contributed by atoms with E-state index in [1.165, 1.54) is 25.9 Å². The van der Waals surface area contributed by atoms with Crippen molar-refractivity contribution in [1.82, 2.24) is 4.90 Å². The van der Waals surface area contributed by atoms with Gasteiger partial charge in [-0.1, -0.05) is 5.11 Å². The third-order valence-electron chi connectivity index (χ3n) is 2.82. The molecular weight excluding hydrogens is 140 g/mol. The lowest BCUT2D eigenvalue weighted by atomic mass is 9.85. The SMILES string of the molecule is [N-]=[N+]=NC1CN2CCC1CC2. The number of azide groups is 1. The highest BCUT2D eigenvalue weighted by atomic mass is 15.2. The fraction of sp³-hybridized carbons (Fsp3) is 1.00. The molecule has 0 saturated carbocycles. The quantitative estimate of drug-likeness (QED) is 0.318. The van der Waals surface area contributed by atoms with E-state index in [4.69, 9.17) is 5.53 Å². The highest BCUT2D eigenvalue weighted by Crippen LogP contribution is 2.29. The first-order chi connectivity index (χ1) is 5.40. The molecule has 3 aliphatic heterocycles. The van der Waals surface area contributed by atoms with Gasteiger partial charge >= 0.3 is 0 Å². The summed E-state index contributed by atoms with van der Waals surface area (Å²) in [5, 5.41) is 3.81. The topological polar surface area (TPSA) is 52.0 Å². The van der Waals surface area contributed by atoms with Crippen molar-refractivity contribution < 1.29 is 0 Å². The van der Waals surface area contributed by atoms with Crippen LogP contribution in [0.3, 0.4) is 0 Å². The van der Waals surface area contributed by atoms with Gasteiger partial charge in [-0.25, -0.2) is 0 Å². The van der Waals surface area contributed by atoms with Crippen molar-refractivity contribution in [2.24, 2.45) is 11.0 Å². The highest BCUT2D eigenvalue weighted by molar-refractivity contribution is 4.90. The molecule has 4 heteroatoms. The van der Waals surface area contributed by atoms with Crippen LogP contribution in [0.4, 0.5) is 0 Å². The molecule has 0 aromatic rings. The molecule has 4 nitrogen and oxygen atoms in total. The second-order valence-corrected chi connectivity index (χ2v) is 3.41. The second kappa shape index (κ2) is 2.72. The van der Waals surface area contributed by atoms with Crippen molar-refractivity contribution in [2.75, 3.05) is 19.6 Å². The van der Waals surface area contributed by atoms with Crippen LogP contribution < -0.4 is 0 Å². The molecular formula is C7H12N4. The molecule has 0 aliphatic carbocycles. The maximum absolute atomic E-state index is 8.29. The number of nitrogens with zero attached hydrogens (tertiary/aromatic N) is 4. The molecule has 0 aromatic heterocycles. The number of fused-ring (bicyclic) bond motifs is 3. The predicted octanol–water partition coefficient (Wildman–Crippen LogP) is 1.39. The Bertz CT molecular complexity index is 189. The second-order valence-electron chi connectivity index (χ2n) is 3.41. The zero-order valence-corrected chi connectivity index (χ0v) is 6.48. The monoisotopic (exact) mass is 152 g/mol. The lowest BCUT2D eigenvalue weighted by Crippen LogP contribution is -2.49. The van der Waals surface area contributed by atoms with Gasteiger partial charge in [-0.2, -0.15) is 0 Å². The van der Waals surface area contributed by atoms with Crippen LogP contribution in [0.1, 0.15) is 12.8 Å². The number of hydrogen-bond donors (Lipinski definition) is 0. The summed E-state index contributed by atoms with van der Waals surface area (Å²) in [7, 11) is 0. The summed E-state index contributed by atoms with van der Waals surface area (Å²) < 4.78 is 0. The molecule has 1 atom stereocenters. The maximum Gasteiger partial charge on any atom is 0.0530 e. The Kier molecular flexibility index (Phi) is 1.72. The normalized spacial score (nSPS) is 41.6. The Balaban J connectivity index is 2.08. The van der Waals surface area contributed by atoms with E-state index in [0.717, 1.165) is 6.54 Å². The average Bonchev–Trinajstić information content (AvgIpc) is 2.07. The number of piperidine rings is 3. The Morgan fingerprint density at radius 1 is 1.36 bits per heavy atom. The maximum atomic E-state index is 8.29. The van der Waals surface area contributed by atoms with Crippen molar-refractivity contribution in [3.8, 4) is 0 Å². The van der Waals surface area contributed by atoms with Gasteiger partial charge in [0.1, 0.15) is 0 Å². The molecule has 2 bridgehead atoms. The third-order valence-corrected chi connectivity index (χ3v) is 2.82. The standard InChI is InChI=1S/C7H12N4/c8-10-9-7-5-11-3-1-6(7)2-4-11/h6-7H,1-5H2. The smallest absolute Gasteiger partial charge is 0.0530 e. The molecule has 3 aliphatic rings. The minimum absolute atomic E-state index is 0.266. The molecule has 0 N–H and O–H groups in total. The zero-order chi connectivity index (χ0) is 7.68. The molecule has 0 spiro atoms. The van der Waals surface area contributed by atoms with Gasteiger partial charge in [-0.3, -0.25) is 0 Å². The molecule has 3 heterocycles. The molecule has 60 valence electrons. The number of hydrogen-bond acceptors (Lipinski definition) is 2. The van der Waals surface area contributed by atoms with Gasteiger partial charge < -0.3 is 4.90 Å². The van der Waals surface area contributed by atoms with Crippen molar-refractivity contribution >= 4 is 0 Å². The van der Waals surface area contributed by atoms with Gasteiger partial charge in [0.15, 0.2) is 0 Å². The van der Waals surface area contributed by atoms with Gasteiger partial charge in [0, 0.05) is 11.5 Å². The number of rotatable bonds is 1. The van der Waals surface area contributed by atoms with E-state index in [1.807, 2.05) is 0 Å². The molecule has 3 fully saturated rings. The highest BCUT2D eigenvalue weighted by Gasteiger charge is 2.33.